The monoisotopic (exact) mass is 1410 g/mol. The van der Waals surface area contributed by atoms with E-state index in [1.165, 1.54) is 0 Å². The van der Waals surface area contributed by atoms with Crippen LogP contribution < -0.4 is 0 Å². The van der Waals surface area contributed by atoms with Crippen molar-refractivity contribution < 1.29 is 64.7 Å². The molecular weight excluding hydrogens is 1290 g/mol. The van der Waals surface area contributed by atoms with Crippen molar-refractivity contribution in [2.75, 3.05) is 0 Å². The number of ether oxygens (including phenoxy) is 1. The van der Waals surface area contributed by atoms with Crippen molar-refractivity contribution in [3.8, 4) is 47.4 Å². The molecular formula is C90H126O13. The number of allylic oxidation sites excluding steroid dienone is 30. The molecule has 1 rings (SSSR count). The lowest BCUT2D eigenvalue weighted by Crippen LogP contribution is -2.04. The van der Waals surface area contributed by atoms with E-state index in [1.54, 1.807) is 36.5 Å². The second-order valence-corrected chi connectivity index (χ2v) is 22.4. The maximum Gasteiger partial charge on any atom is 0.304 e. The standard InChI is InChI=1S/C23H32O2.2C22H30O4.C22H30O3.CH4/c1-2-3-4-5-6-7-8-9-10-11-12-13-14-15-16-17-18-19-20-21-22-23(24)25;1-2-3-10-15-20(23)17-12-8-9-13-18-21(24)16-11-6-4-5-7-14-19-22(25)26;1-2-3-15-18-21(26-25)19-16-13-11-9-7-5-4-6-8-10-12-14-17-20-22(23)24;1-2-3-14-17-20-21(25-20)18-15-12-10-8-6-4-5-7-9-11-13-16-19-22(23)24;/h3-4,6-7,9-10,12-13,15-16H,2,5,8,11,14,17,20-22H2,1H3,(H,24,25);3,6,8-13,17-18,20-21,23-24H,2,4,14-16,19H2,1H3,(H,25,26);3,5-8,11,13,15-16,19,21,25H,2,4,9-10,17-18,20H2,1H3,(H,23,24);3,5-8,12,14-15,20-21H,2,4,9-10,16-19H2,1H3,(H,23,24);1H4/b4-3-,7-6-,10-9-,13-12-,16-15-;9-8-,10-3-,11-6-,17-12+,18-13+;7-5-,8-6-,13-11-,15-3-,19-16+;7-5-,8-6-,14-3-,15-12-;/t;20-,21?;21-;20-,21+;/m.000./s1. The summed E-state index contributed by atoms with van der Waals surface area (Å²) in [5.41, 5.74) is 0. The first-order chi connectivity index (χ1) is 49.8. The maximum absolute atomic E-state index is 10.3. The molecule has 7 N–H and O–H groups in total. The smallest absolute Gasteiger partial charge is 0.304 e. The molecule has 13 heteroatoms. The highest BCUT2D eigenvalue weighted by molar-refractivity contribution is 5.68. The first-order valence-electron chi connectivity index (χ1n) is 36.2. The van der Waals surface area contributed by atoms with E-state index < -0.39 is 36.1 Å². The van der Waals surface area contributed by atoms with Crippen molar-refractivity contribution in [1.29, 1.82) is 0 Å². The summed E-state index contributed by atoms with van der Waals surface area (Å²) < 4.78 is 5.61. The third-order valence-electron chi connectivity index (χ3n) is 13.2. The van der Waals surface area contributed by atoms with E-state index in [-0.39, 0.29) is 39.2 Å². The van der Waals surface area contributed by atoms with Crippen LogP contribution in [0.3, 0.4) is 0 Å². The molecule has 0 bridgehead atoms. The SMILES string of the molecule is C.CC/C=C\C/C=C\C/C=C\C/C=C\C/C=C\CC#CCCCC(=O)O.CC/C=C\C[C@@H](/C=C/C=C\C/C=C\C/C=C\CC#CCCC(=O)O)OO.CC/C=C\C[C@@H]1O[C@@H]1C/C=C\C/C=C\C/C=C\CC#CCCC(=O)O.CC/C=C\C[C@H](O)/C=C/C=C\C=C\C(O)C/C=C\CC#CCCC(=O)O. The van der Waals surface area contributed by atoms with Crippen molar-refractivity contribution in [2.45, 2.75) is 258 Å². The lowest BCUT2D eigenvalue weighted by atomic mass is 10.1. The minimum atomic E-state index is -0.838. The van der Waals surface area contributed by atoms with E-state index in [9.17, 15) is 29.4 Å². The third kappa shape index (κ3) is 93.0. The van der Waals surface area contributed by atoms with Crippen LogP contribution in [0.4, 0.5) is 0 Å². The normalized spacial score (nSPS) is 14.8. The fraction of sp³-hybridized carbons (Fsp3) is 0.444. The summed E-state index contributed by atoms with van der Waals surface area (Å²) in [6, 6.07) is 0. The van der Waals surface area contributed by atoms with Crippen molar-refractivity contribution in [2.24, 2.45) is 0 Å². The second kappa shape index (κ2) is 85.4. The Hall–Kier alpha value is -9.02. The van der Waals surface area contributed by atoms with Gasteiger partial charge in [-0.3, -0.25) is 24.4 Å². The third-order valence-corrected chi connectivity index (χ3v) is 13.2. The Morgan fingerprint density at radius 1 is 0.340 bits per heavy atom. The summed E-state index contributed by atoms with van der Waals surface area (Å²) in [5, 5.41) is 62.1. The predicted octanol–water partition coefficient (Wildman–Crippen LogP) is 21.6. The minimum Gasteiger partial charge on any atom is -0.481 e. The molecule has 0 spiro atoms. The molecule has 1 unspecified atom stereocenters. The van der Waals surface area contributed by atoms with Gasteiger partial charge in [0.05, 0.1) is 43.7 Å². The molecule has 5 atom stereocenters. The maximum atomic E-state index is 10.3. The van der Waals surface area contributed by atoms with Gasteiger partial charge in [0.1, 0.15) is 6.10 Å². The summed E-state index contributed by atoms with van der Waals surface area (Å²) in [4.78, 5) is 45.6. The Kier molecular flexibility index (Phi) is 83.2. The number of unbranched alkanes of at least 4 members (excludes halogenated alkanes) is 1. The number of rotatable bonds is 50. The van der Waals surface area contributed by atoms with Crippen LogP contribution in [0, 0.1) is 47.4 Å². The number of aliphatic hydroxyl groups excluding tert-OH is 2. The average Bonchev–Trinajstić information content (AvgIpc) is 1.71. The number of hydrogen-bond donors (Lipinski definition) is 7. The highest BCUT2D eigenvalue weighted by Crippen LogP contribution is 2.29. The molecule has 103 heavy (non-hydrogen) atoms. The van der Waals surface area contributed by atoms with Gasteiger partial charge >= 0.3 is 23.9 Å². The Labute approximate surface area is 621 Å². The van der Waals surface area contributed by atoms with E-state index in [0.717, 1.165) is 96.3 Å². The first-order valence-corrected chi connectivity index (χ1v) is 36.2. The molecule has 1 heterocycles. The van der Waals surface area contributed by atoms with Crippen LogP contribution in [0.25, 0.3) is 0 Å². The van der Waals surface area contributed by atoms with Gasteiger partial charge in [-0.15, -0.1) is 23.7 Å². The largest absolute Gasteiger partial charge is 0.481 e. The lowest BCUT2D eigenvalue weighted by Gasteiger charge is -2.03. The van der Waals surface area contributed by atoms with E-state index in [1.807, 2.05) is 79.0 Å². The van der Waals surface area contributed by atoms with Gasteiger partial charge in [0, 0.05) is 57.8 Å². The fourth-order valence-corrected chi connectivity index (χ4v) is 7.71. The van der Waals surface area contributed by atoms with Gasteiger partial charge in [-0.1, -0.05) is 290 Å². The molecule has 13 nitrogen and oxygen atoms in total. The highest BCUT2D eigenvalue weighted by Gasteiger charge is 2.36. The van der Waals surface area contributed by atoms with Gasteiger partial charge in [-0.25, -0.2) is 4.89 Å². The molecule has 1 aliphatic heterocycles. The van der Waals surface area contributed by atoms with Crippen LogP contribution in [-0.2, 0) is 28.8 Å². The van der Waals surface area contributed by atoms with Crippen molar-refractivity contribution in [3.05, 3.63) is 231 Å². The summed E-state index contributed by atoms with van der Waals surface area (Å²) in [7, 11) is 0. The van der Waals surface area contributed by atoms with Crippen LogP contribution in [0.1, 0.15) is 228 Å². The van der Waals surface area contributed by atoms with Gasteiger partial charge in [0.2, 0.25) is 0 Å². The van der Waals surface area contributed by atoms with Crippen LogP contribution in [0.15, 0.2) is 231 Å². The number of carboxylic acids is 4. The second-order valence-electron chi connectivity index (χ2n) is 22.4. The van der Waals surface area contributed by atoms with Gasteiger partial charge in [-0.05, 0) is 116 Å². The summed E-state index contributed by atoms with van der Waals surface area (Å²) in [6.45, 7) is 8.41. The molecule has 0 radical (unpaired) electrons. The Morgan fingerprint density at radius 2 is 0.631 bits per heavy atom. The van der Waals surface area contributed by atoms with E-state index in [4.69, 9.17) is 30.4 Å². The number of epoxide rings is 1. The zero-order valence-corrected chi connectivity index (χ0v) is 61.6. The quantitative estimate of drug-likeness (QED) is 0.00572. The number of carboxylic acid groups (broad SMARTS) is 4. The lowest BCUT2D eigenvalue weighted by molar-refractivity contribution is -0.264. The topological polar surface area (TPSA) is 232 Å². The van der Waals surface area contributed by atoms with Crippen LogP contribution in [0.5, 0.6) is 0 Å². The van der Waals surface area contributed by atoms with Crippen molar-refractivity contribution in [3.63, 3.8) is 0 Å². The molecule has 1 saturated heterocycles. The minimum absolute atomic E-state index is 0. The van der Waals surface area contributed by atoms with Crippen molar-refractivity contribution in [1.82, 2.24) is 0 Å². The molecule has 564 valence electrons. The van der Waals surface area contributed by atoms with Crippen LogP contribution in [-0.4, -0.2) is 90.3 Å². The Morgan fingerprint density at radius 3 is 1.01 bits per heavy atom. The number of hydrogen-bond acceptors (Lipinski definition) is 9. The van der Waals surface area contributed by atoms with Crippen LogP contribution in [0.2, 0.25) is 0 Å². The number of carbonyl (C=O) groups is 4. The molecule has 0 aromatic carbocycles. The van der Waals surface area contributed by atoms with Crippen LogP contribution >= 0.6 is 0 Å². The average molecular weight is 1420 g/mol. The molecule has 1 fully saturated rings. The zero-order valence-electron chi connectivity index (χ0n) is 61.6. The van der Waals surface area contributed by atoms with Gasteiger partial charge < -0.3 is 35.4 Å². The molecule has 0 aliphatic carbocycles. The van der Waals surface area contributed by atoms with Gasteiger partial charge in [0.25, 0.3) is 0 Å². The molecule has 0 saturated carbocycles. The Balaban J connectivity index is -0.000000632. The first kappa shape index (κ1) is 100. The summed E-state index contributed by atoms with van der Waals surface area (Å²) >= 11 is 0. The summed E-state index contributed by atoms with van der Waals surface area (Å²) in [6.07, 6.45) is 97.6. The number of aliphatic carboxylic acids is 4. The molecule has 1 aliphatic rings. The Bertz CT molecular complexity index is 3000. The van der Waals surface area contributed by atoms with E-state index in [0.29, 0.717) is 82.8 Å². The van der Waals surface area contributed by atoms with Crippen molar-refractivity contribution >= 4 is 23.9 Å². The van der Waals surface area contributed by atoms with Gasteiger partial charge in [-0.2, -0.15) is 0 Å². The highest BCUT2D eigenvalue weighted by atomic mass is 17.1. The van der Waals surface area contributed by atoms with Gasteiger partial charge in [0.15, 0.2) is 0 Å². The summed E-state index contributed by atoms with van der Waals surface area (Å²) in [5.74, 6) is 20.0. The molecule has 0 amide bonds. The fourth-order valence-electron chi connectivity index (χ4n) is 7.71. The number of aliphatic hydroxyl groups is 2. The zero-order chi connectivity index (χ0) is 75.4. The molecule has 0 aromatic rings. The van der Waals surface area contributed by atoms with E-state index in [2.05, 4.69) is 195 Å². The van der Waals surface area contributed by atoms with E-state index >= 15 is 0 Å². The molecule has 0 aromatic heterocycles. The predicted molar refractivity (Wildman–Crippen MR) is 431 cm³/mol.